The Bertz CT molecular complexity index is 605. The highest BCUT2D eigenvalue weighted by molar-refractivity contribution is 7.99. The normalized spacial score (nSPS) is 12.6. The summed E-state index contributed by atoms with van der Waals surface area (Å²) in [5, 5.41) is 11.3. The Morgan fingerprint density at radius 2 is 1.91 bits per heavy atom. The first-order chi connectivity index (χ1) is 10.5. The Morgan fingerprint density at radius 3 is 2.43 bits per heavy atom. The number of carbonyl (C=O) groups excluding carboxylic acids is 1. The van der Waals surface area contributed by atoms with Crippen LogP contribution in [0.4, 0.5) is 19.3 Å². The smallest absolute Gasteiger partial charge is 0.408 e. The van der Waals surface area contributed by atoms with Gasteiger partial charge in [0.25, 0.3) is 0 Å². The van der Waals surface area contributed by atoms with Gasteiger partial charge in [-0.15, -0.1) is 11.8 Å². The summed E-state index contributed by atoms with van der Waals surface area (Å²) in [6, 6.07) is 0.415. The molecule has 6 nitrogen and oxygen atoms in total. The lowest BCUT2D eigenvalue weighted by Gasteiger charge is -2.22. The summed E-state index contributed by atoms with van der Waals surface area (Å²) in [7, 11) is 0. The summed E-state index contributed by atoms with van der Waals surface area (Å²) in [6.07, 6.45) is -0.885. The van der Waals surface area contributed by atoms with Gasteiger partial charge in [-0.2, -0.15) is 0 Å². The first-order valence-corrected chi connectivity index (χ1v) is 7.58. The topological polar surface area (TPSA) is 102 Å². The summed E-state index contributed by atoms with van der Waals surface area (Å²) >= 11 is 0.884. The van der Waals surface area contributed by atoms with Gasteiger partial charge in [0.05, 0.1) is 0 Å². The number of ether oxygens (including phenoxy) is 1. The summed E-state index contributed by atoms with van der Waals surface area (Å²) in [6.45, 7) is 4.91. The number of rotatable bonds is 5. The van der Waals surface area contributed by atoms with Gasteiger partial charge in [0.1, 0.15) is 11.6 Å². The molecule has 0 unspecified atom stereocenters. The predicted octanol–water partition coefficient (Wildman–Crippen LogP) is 2.62. The molecule has 1 rings (SSSR count). The van der Waals surface area contributed by atoms with Crippen molar-refractivity contribution in [3.05, 3.63) is 23.8 Å². The molecule has 1 aromatic rings. The predicted molar refractivity (Wildman–Crippen MR) is 82.3 cm³/mol. The molecule has 0 aliphatic carbocycles. The first-order valence-electron chi connectivity index (χ1n) is 6.59. The highest BCUT2D eigenvalue weighted by atomic mass is 32.2. The van der Waals surface area contributed by atoms with Crippen LogP contribution in [0.2, 0.25) is 0 Å². The molecule has 9 heteroatoms. The molecule has 0 radical (unpaired) electrons. The van der Waals surface area contributed by atoms with Gasteiger partial charge in [-0.3, -0.25) is 0 Å². The third-order valence-corrected chi connectivity index (χ3v) is 3.61. The lowest BCUT2D eigenvalue weighted by molar-refractivity contribution is -0.138. The Labute approximate surface area is 136 Å². The third kappa shape index (κ3) is 6.31. The Morgan fingerprint density at radius 1 is 1.35 bits per heavy atom. The van der Waals surface area contributed by atoms with E-state index in [4.69, 9.17) is 15.6 Å². The van der Waals surface area contributed by atoms with Gasteiger partial charge in [0.2, 0.25) is 0 Å². The molecule has 0 fully saturated rings. The zero-order valence-electron chi connectivity index (χ0n) is 12.9. The fraction of sp³-hybridized carbons (Fsp3) is 0.429. The van der Waals surface area contributed by atoms with Crippen LogP contribution in [0.3, 0.4) is 0 Å². The van der Waals surface area contributed by atoms with E-state index >= 15 is 0 Å². The number of nitrogens with two attached hydrogens (primary N) is 1. The van der Waals surface area contributed by atoms with Crippen LogP contribution in [0.15, 0.2) is 17.0 Å². The second kappa shape index (κ2) is 7.49. The van der Waals surface area contributed by atoms with Crippen LogP contribution < -0.4 is 11.1 Å². The number of hydrogen-bond acceptors (Lipinski definition) is 5. The van der Waals surface area contributed by atoms with E-state index in [2.05, 4.69) is 5.32 Å². The summed E-state index contributed by atoms with van der Waals surface area (Å²) in [4.78, 5) is 23.0. The van der Waals surface area contributed by atoms with E-state index < -0.39 is 35.3 Å². The maximum atomic E-state index is 13.2. The van der Waals surface area contributed by atoms with Crippen molar-refractivity contribution in [2.75, 3.05) is 11.5 Å². The maximum Gasteiger partial charge on any atom is 0.408 e. The minimum atomic E-state index is -1.29. The first kappa shape index (κ1) is 19.0. The SMILES string of the molecule is CC(C)(C)OC(=O)N[C@H](CSc1cc(F)c(F)cc1N)C(=O)O. The number of nitrogens with one attached hydrogen (secondary N) is 1. The molecule has 1 aromatic carbocycles. The third-order valence-electron chi connectivity index (χ3n) is 2.45. The van der Waals surface area contributed by atoms with Crippen LogP contribution in [0.1, 0.15) is 20.8 Å². The van der Waals surface area contributed by atoms with Gasteiger partial charge in [0.15, 0.2) is 11.6 Å². The molecule has 0 spiro atoms. The van der Waals surface area contributed by atoms with Crippen LogP contribution in [-0.4, -0.2) is 34.6 Å². The van der Waals surface area contributed by atoms with Crippen molar-refractivity contribution in [3.63, 3.8) is 0 Å². The van der Waals surface area contributed by atoms with E-state index in [0.717, 1.165) is 23.9 Å². The Kier molecular flexibility index (Phi) is 6.20. The molecule has 1 atom stereocenters. The number of carboxylic acid groups (broad SMARTS) is 1. The monoisotopic (exact) mass is 348 g/mol. The number of carbonyl (C=O) groups is 2. The molecule has 0 saturated carbocycles. The number of benzene rings is 1. The molecule has 0 aliphatic heterocycles. The number of carboxylic acids is 1. The molecular weight excluding hydrogens is 330 g/mol. The quantitative estimate of drug-likeness (QED) is 0.558. The van der Waals surface area contributed by atoms with Crippen molar-refractivity contribution in [2.45, 2.75) is 37.3 Å². The van der Waals surface area contributed by atoms with E-state index in [-0.39, 0.29) is 16.3 Å². The standard InChI is InChI=1S/C14H18F2N2O4S/c1-14(2,3)22-13(21)18-10(12(19)20)6-23-11-5-8(16)7(15)4-9(11)17/h4-5,10H,6,17H2,1-3H3,(H,18,21)(H,19,20)/t10-/m1/s1. The summed E-state index contributed by atoms with van der Waals surface area (Å²) < 4.78 is 31.1. The number of amides is 1. The summed E-state index contributed by atoms with van der Waals surface area (Å²) in [5.41, 5.74) is 4.76. The van der Waals surface area contributed by atoms with Crippen LogP contribution in [0.5, 0.6) is 0 Å². The van der Waals surface area contributed by atoms with Crippen LogP contribution in [-0.2, 0) is 9.53 Å². The maximum absolute atomic E-state index is 13.2. The molecule has 4 N–H and O–H groups in total. The highest BCUT2D eigenvalue weighted by Crippen LogP contribution is 2.28. The van der Waals surface area contributed by atoms with Crippen LogP contribution >= 0.6 is 11.8 Å². The second-order valence-corrected chi connectivity index (χ2v) is 6.71. The largest absolute Gasteiger partial charge is 0.480 e. The highest BCUT2D eigenvalue weighted by Gasteiger charge is 2.24. The molecule has 0 aliphatic rings. The van der Waals surface area contributed by atoms with Crippen molar-refractivity contribution in [3.8, 4) is 0 Å². The number of nitrogen functional groups attached to an aromatic ring is 1. The Balaban J connectivity index is 2.73. The van der Waals surface area contributed by atoms with Gasteiger partial charge in [-0.25, -0.2) is 18.4 Å². The molecule has 0 heterocycles. The summed E-state index contributed by atoms with van der Waals surface area (Å²) in [5.74, 6) is -3.60. The number of anilines is 1. The van der Waals surface area contributed by atoms with E-state index in [9.17, 15) is 18.4 Å². The Hall–Kier alpha value is -2.03. The molecule has 23 heavy (non-hydrogen) atoms. The molecular formula is C14H18F2N2O4S. The average Bonchev–Trinajstić information content (AvgIpc) is 2.37. The lowest BCUT2D eigenvalue weighted by Crippen LogP contribution is -2.44. The minimum Gasteiger partial charge on any atom is -0.480 e. The van der Waals surface area contributed by atoms with Crippen molar-refractivity contribution in [2.24, 2.45) is 0 Å². The molecule has 128 valence electrons. The van der Waals surface area contributed by atoms with E-state index in [1.807, 2.05) is 0 Å². The van der Waals surface area contributed by atoms with Crippen molar-refractivity contribution in [1.29, 1.82) is 0 Å². The van der Waals surface area contributed by atoms with E-state index in [1.165, 1.54) is 0 Å². The zero-order chi connectivity index (χ0) is 17.8. The van der Waals surface area contributed by atoms with Crippen LogP contribution in [0, 0.1) is 11.6 Å². The number of alkyl carbamates (subject to hydrolysis) is 1. The molecule has 0 saturated heterocycles. The molecule has 0 bridgehead atoms. The second-order valence-electron chi connectivity index (χ2n) is 5.65. The number of thioether (sulfide) groups is 1. The number of hydrogen-bond donors (Lipinski definition) is 3. The molecule has 1 amide bonds. The number of aliphatic carboxylic acids is 1. The van der Waals surface area contributed by atoms with Gasteiger partial charge in [-0.1, -0.05) is 0 Å². The van der Waals surface area contributed by atoms with Gasteiger partial charge >= 0.3 is 12.1 Å². The van der Waals surface area contributed by atoms with Gasteiger partial charge < -0.3 is 20.9 Å². The average molecular weight is 348 g/mol. The van der Waals surface area contributed by atoms with Crippen molar-refractivity contribution >= 4 is 29.5 Å². The van der Waals surface area contributed by atoms with Crippen molar-refractivity contribution < 1.29 is 28.2 Å². The zero-order valence-corrected chi connectivity index (χ0v) is 13.7. The minimum absolute atomic E-state index is 0.0182. The van der Waals surface area contributed by atoms with Gasteiger partial charge in [-0.05, 0) is 26.8 Å². The van der Waals surface area contributed by atoms with Gasteiger partial charge in [0, 0.05) is 22.4 Å². The van der Waals surface area contributed by atoms with Crippen LogP contribution in [0.25, 0.3) is 0 Å². The van der Waals surface area contributed by atoms with E-state index in [1.54, 1.807) is 20.8 Å². The molecule has 0 aromatic heterocycles. The van der Waals surface area contributed by atoms with Crippen molar-refractivity contribution in [1.82, 2.24) is 5.32 Å². The fourth-order valence-electron chi connectivity index (χ4n) is 1.47. The fourth-order valence-corrected chi connectivity index (χ4v) is 2.45. The van der Waals surface area contributed by atoms with E-state index in [0.29, 0.717) is 0 Å². The lowest BCUT2D eigenvalue weighted by atomic mass is 10.2. The number of halogens is 2.